The smallest absolute Gasteiger partial charge is 0.292 e. The van der Waals surface area contributed by atoms with E-state index in [1.165, 1.54) is 24.5 Å². The van der Waals surface area contributed by atoms with Gasteiger partial charge in [0.15, 0.2) is 0 Å². The van der Waals surface area contributed by atoms with Crippen LogP contribution in [0.5, 0.6) is 0 Å². The molecular formula is C16H16N2O2. The summed E-state index contributed by atoms with van der Waals surface area (Å²) in [5.74, 6) is 0.914. The van der Waals surface area contributed by atoms with Crippen LogP contribution in [0.2, 0.25) is 0 Å². The SMILES string of the molecule is Nc1cc(C(c2ccccc2)C2CC2)ccc1[N+](=O)[O-]. The Morgan fingerprint density at radius 3 is 2.35 bits per heavy atom. The molecule has 0 aromatic heterocycles. The maximum atomic E-state index is 10.8. The van der Waals surface area contributed by atoms with E-state index < -0.39 is 4.92 Å². The van der Waals surface area contributed by atoms with Crippen LogP contribution in [0.4, 0.5) is 11.4 Å². The number of nitrogens with two attached hydrogens (primary N) is 1. The van der Waals surface area contributed by atoms with E-state index in [0.717, 1.165) is 5.56 Å². The van der Waals surface area contributed by atoms with Gasteiger partial charge in [0.25, 0.3) is 5.69 Å². The molecule has 1 aliphatic carbocycles. The van der Waals surface area contributed by atoms with Gasteiger partial charge in [0.1, 0.15) is 5.69 Å². The molecule has 20 heavy (non-hydrogen) atoms. The fourth-order valence-electron chi connectivity index (χ4n) is 2.76. The number of nitrogens with zero attached hydrogens (tertiary/aromatic N) is 1. The zero-order valence-electron chi connectivity index (χ0n) is 11.0. The Morgan fingerprint density at radius 1 is 1.10 bits per heavy atom. The van der Waals surface area contributed by atoms with Crippen molar-refractivity contribution in [1.82, 2.24) is 0 Å². The number of anilines is 1. The highest BCUT2D eigenvalue weighted by atomic mass is 16.6. The molecule has 0 aliphatic heterocycles. The molecule has 3 rings (SSSR count). The minimum absolute atomic E-state index is 0.0173. The average Bonchev–Trinajstić information content (AvgIpc) is 3.24. The van der Waals surface area contributed by atoms with E-state index in [1.54, 1.807) is 6.07 Å². The third-order valence-electron chi connectivity index (χ3n) is 3.86. The van der Waals surface area contributed by atoms with Gasteiger partial charge >= 0.3 is 0 Å². The summed E-state index contributed by atoms with van der Waals surface area (Å²) in [6, 6.07) is 15.4. The van der Waals surface area contributed by atoms with Crippen LogP contribution in [-0.2, 0) is 0 Å². The highest BCUT2D eigenvalue weighted by Crippen LogP contribution is 2.47. The van der Waals surface area contributed by atoms with E-state index >= 15 is 0 Å². The molecule has 1 saturated carbocycles. The molecule has 4 nitrogen and oxygen atoms in total. The van der Waals surface area contributed by atoms with Crippen molar-refractivity contribution in [2.24, 2.45) is 5.92 Å². The summed E-state index contributed by atoms with van der Waals surface area (Å²) in [7, 11) is 0. The molecule has 0 saturated heterocycles. The van der Waals surface area contributed by atoms with Gasteiger partial charge in [0.05, 0.1) is 4.92 Å². The quantitative estimate of drug-likeness (QED) is 0.522. The fourth-order valence-corrected chi connectivity index (χ4v) is 2.76. The summed E-state index contributed by atoms with van der Waals surface area (Å²) in [5.41, 5.74) is 8.37. The predicted molar refractivity (Wildman–Crippen MR) is 78.5 cm³/mol. The zero-order valence-corrected chi connectivity index (χ0v) is 11.0. The van der Waals surface area contributed by atoms with E-state index in [1.807, 2.05) is 24.3 Å². The molecule has 1 unspecified atom stereocenters. The topological polar surface area (TPSA) is 69.2 Å². The van der Waals surface area contributed by atoms with Crippen LogP contribution >= 0.6 is 0 Å². The second kappa shape index (κ2) is 4.96. The van der Waals surface area contributed by atoms with Crippen molar-refractivity contribution >= 4 is 11.4 Å². The van der Waals surface area contributed by atoms with Crippen molar-refractivity contribution in [1.29, 1.82) is 0 Å². The first-order chi connectivity index (χ1) is 9.66. The fraction of sp³-hybridized carbons (Fsp3) is 0.250. The molecule has 0 heterocycles. The highest BCUT2D eigenvalue weighted by molar-refractivity contribution is 5.60. The van der Waals surface area contributed by atoms with Crippen molar-refractivity contribution in [3.63, 3.8) is 0 Å². The molecule has 4 heteroatoms. The molecule has 2 aromatic carbocycles. The molecule has 2 N–H and O–H groups in total. The Kier molecular flexibility index (Phi) is 3.14. The highest BCUT2D eigenvalue weighted by Gasteiger charge is 2.33. The third-order valence-corrected chi connectivity index (χ3v) is 3.86. The van der Waals surface area contributed by atoms with E-state index in [2.05, 4.69) is 12.1 Å². The molecule has 0 spiro atoms. The van der Waals surface area contributed by atoms with Crippen LogP contribution in [0.3, 0.4) is 0 Å². The lowest BCUT2D eigenvalue weighted by atomic mass is 9.87. The van der Waals surface area contributed by atoms with Crippen LogP contribution in [0.15, 0.2) is 48.5 Å². The van der Waals surface area contributed by atoms with E-state index in [-0.39, 0.29) is 11.4 Å². The number of rotatable bonds is 4. The van der Waals surface area contributed by atoms with E-state index in [0.29, 0.717) is 11.8 Å². The van der Waals surface area contributed by atoms with Crippen molar-refractivity contribution in [2.75, 3.05) is 5.73 Å². The van der Waals surface area contributed by atoms with Gasteiger partial charge < -0.3 is 5.73 Å². The maximum absolute atomic E-state index is 10.8. The lowest BCUT2D eigenvalue weighted by Crippen LogP contribution is -2.05. The lowest BCUT2D eigenvalue weighted by Gasteiger charge is -2.17. The molecule has 1 aliphatic rings. The molecular weight excluding hydrogens is 252 g/mol. The van der Waals surface area contributed by atoms with Gasteiger partial charge in [-0.2, -0.15) is 0 Å². The van der Waals surface area contributed by atoms with E-state index in [9.17, 15) is 10.1 Å². The number of nitrogen functional groups attached to an aromatic ring is 1. The standard InChI is InChI=1S/C16H16N2O2/c17-14-10-13(8-9-15(14)18(19)20)16(12-6-7-12)11-4-2-1-3-5-11/h1-5,8-10,12,16H,6-7,17H2. The first-order valence-corrected chi connectivity index (χ1v) is 6.75. The lowest BCUT2D eigenvalue weighted by molar-refractivity contribution is -0.383. The van der Waals surface area contributed by atoms with Crippen LogP contribution in [0.1, 0.15) is 29.9 Å². The number of nitro groups is 1. The zero-order chi connectivity index (χ0) is 14.1. The Labute approximate surface area is 117 Å². The predicted octanol–water partition coefficient (Wildman–Crippen LogP) is 3.72. The van der Waals surface area contributed by atoms with Gasteiger partial charge in [0, 0.05) is 12.0 Å². The van der Waals surface area contributed by atoms with Crippen LogP contribution < -0.4 is 5.73 Å². The maximum Gasteiger partial charge on any atom is 0.292 e. The van der Waals surface area contributed by atoms with Gasteiger partial charge in [-0.05, 0) is 36.0 Å². The number of benzene rings is 2. The second-order valence-corrected chi connectivity index (χ2v) is 5.30. The minimum atomic E-state index is -0.437. The summed E-state index contributed by atoms with van der Waals surface area (Å²) in [4.78, 5) is 10.4. The van der Waals surface area contributed by atoms with Crippen molar-refractivity contribution in [3.8, 4) is 0 Å². The summed E-state index contributed by atoms with van der Waals surface area (Å²) < 4.78 is 0. The summed E-state index contributed by atoms with van der Waals surface area (Å²) in [6.45, 7) is 0. The first kappa shape index (κ1) is 12.7. The van der Waals surface area contributed by atoms with E-state index in [4.69, 9.17) is 5.73 Å². The molecule has 0 amide bonds. The number of hydrogen-bond acceptors (Lipinski definition) is 3. The van der Waals surface area contributed by atoms with Gasteiger partial charge in [-0.15, -0.1) is 0 Å². The third kappa shape index (κ3) is 2.37. The van der Waals surface area contributed by atoms with Crippen LogP contribution in [0, 0.1) is 16.0 Å². The second-order valence-electron chi connectivity index (χ2n) is 5.30. The van der Waals surface area contributed by atoms with Gasteiger partial charge in [-0.3, -0.25) is 10.1 Å². The Balaban J connectivity index is 2.01. The molecule has 1 atom stereocenters. The monoisotopic (exact) mass is 268 g/mol. The summed E-state index contributed by atoms with van der Waals surface area (Å²) >= 11 is 0. The van der Waals surface area contributed by atoms with Crippen LogP contribution in [0.25, 0.3) is 0 Å². The largest absolute Gasteiger partial charge is 0.393 e. The number of hydrogen-bond donors (Lipinski definition) is 1. The van der Waals surface area contributed by atoms with Crippen molar-refractivity contribution in [3.05, 3.63) is 69.8 Å². The minimum Gasteiger partial charge on any atom is -0.393 e. The van der Waals surface area contributed by atoms with Gasteiger partial charge in [0.2, 0.25) is 0 Å². The van der Waals surface area contributed by atoms with Crippen molar-refractivity contribution < 1.29 is 4.92 Å². The number of nitro benzene ring substituents is 1. The normalized spacial score (nSPS) is 15.8. The average molecular weight is 268 g/mol. The molecule has 2 aromatic rings. The summed E-state index contributed by atoms with van der Waals surface area (Å²) in [6.07, 6.45) is 2.41. The summed E-state index contributed by atoms with van der Waals surface area (Å²) in [5, 5.41) is 10.8. The first-order valence-electron chi connectivity index (χ1n) is 6.75. The van der Waals surface area contributed by atoms with Gasteiger partial charge in [-0.1, -0.05) is 36.4 Å². The molecule has 0 bridgehead atoms. The van der Waals surface area contributed by atoms with Gasteiger partial charge in [-0.25, -0.2) is 0 Å². The molecule has 102 valence electrons. The Hall–Kier alpha value is -2.36. The molecule has 0 radical (unpaired) electrons. The Bertz CT molecular complexity index is 636. The van der Waals surface area contributed by atoms with Crippen molar-refractivity contribution in [2.45, 2.75) is 18.8 Å². The van der Waals surface area contributed by atoms with Crippen LogP contribution in [-0.4, -0.2) is 4.92 Å². The Morgan fingerprint density at radius 2 is 1.80 bits per heavy atom. The molecule has 1 fully saturated rings.